The molecule has 0 fully saturated rings. The van der Waals surface area contributed by atoms with E-state index in [2.05, 4.69) is 184 Å². The zero-order chi connectivity index (χ0) is 74.0. The number of phosphoric ester groups is 1. The fraction of sp³-hybridized carbons (Fsp3) is 0.674. The lowest BCUT2D eigenvalue weighted by atomic mass is 10.0. The van der Waals surface area contributed by atoms with E-state index in [4.69, 9.17) is 18.5 Å². The summed E-state index contributed by atoms with van der Waals surface area (Å²) < 4.78 is 34.8. The van der Waals surface area contributed by atoms with Crippen LogP contribution in [0.15, 0.2) is 170 Å². The molecule has 0 aromatic heterocycles. The molecule has 0 heterocycles. The third kappa shape index (κ3) is 84.3. The molecule has 102 heavy (non-hydrogen) atoms. The van der Waals surface area contributed by atoms with Crippen molar-refractivity contribution in [2.75, 3.05) is 47.5 Å². The summed E-state index contributed by atoms with van der Waals surface area (Å²) in [5, 5.41) is 0. The van der Waals surface area contributed by atoms with Gasteiger partial charge >= 0.3 is 19.8 Å². The predicted molar refractivity (Wildman–Crippen MR) is 445 cm³/mol. The molecule has 0 amide bonds. The monoisotopic (exact) mass is 1440 g/mol. The number of unbranched alkanes of at least 4 members (excludes halogenated alkanes) is 34. The maximum atomic E-state index is 12.9. The number of hydrogen-bond acceptors (Lipinski definition) is 7. The fourth-order valence-electron chi connectivity index (χ4n) is 11.5. The highest BCUT2D eigenvalue weighted by Crippen LogP contribution is 2.43. The van der Waals surface area contributed by atoms with E-state index >= 15 is 0 Å². The Morgan fingerprint density at radius 1 is 0.304 bits per heavy atom. The molecule has 0 radical (unpaired) electrons. The van der Waals surface area contributed by atoms with Gasteiger partial charge in [0.1, 0.15) is 19.8 Å². The van der Waals surface area contributed by atoms with E-state index in [0.717, 1.165) is 135 Å². The lowest BCUT2D eigenvalue weighted by molar-refractivity contribution is -0.870. The Morgan fingerprint density at radius 3 is 0.784 bits per heavy atom. The SMILES string of the molecule is CC/C=C\C/C=C\C/C=C\C/C=C\C/C=C\C/C=C\C/C=C\C/C=C\C/C=C\CCCCCCCCCCCC(=O)OC(COC(=O)CCCCCCCCCCCCCCCCCCCCCCCCCCC/C=C\C/C=C\C/C=C\C/C=C\C/C=C\CC)COP(=O)(O)OCC[N+](C)(C)C. The standard InChI is InChI=1S/C92H156NO8P/c1-6-8-10-12-14-16-18-20-22-24-26-28-30-32-34-36-38-40-42-44-45-46-47-49-50-52-54-56-58-60-62-64-66-68-70-72-74-76-78-80-82-84-91(94)98-88-90(89-100-102(96,97)99-87-86-93(3,4)5)101-92(95)85-83-81-79-77-75-73-71-69-67-65-63-61-59-57-55-53-51-48-43-41-39-37-35-33-31-29-27-25-23-21-19-17-15-13-11-9-7-2/h8-11,14-17,20-23,26-29,32-35,39,41,48,51,55,57,61,63,90H,6-7,12-13,18-19,24-25,30-31,36-38,40,42-47,49-50,52-54,56,58-60,62,64-89H2,1-5H3/p+1/b10-8-,11-9-,16-14-,17-15-,22-20-,23-21-,28-26-,29-27-,34-32-,35-33-,41-39-,51-48-,57-55-,63-61-. The minimum absolute atomic E-state index is 0.0250. The Kier molecular flexibility index (Phi) is 76.8. The molecule has 0 bridgehead atoms. The van der Waals surface area contributed by atoms with Crippen molar-refractivity contribution in [3.63, 3.8) is 0 Å². The fourth-order valence-corrected chi connectivity index (χ4v) is 12.2. The van der Waals surface area contributed by atoms with Crippen molar-refractivity contribution < 1.29 is 42.1 Å². The molecule has 2 unspecified atom stereocenters. The third-order valence-corrected chi connectivity index (χ3v) is 18.7. The number of nitrogens with zero attached hydrogens (tertiary/aromatic N) is 1. The van der Waals surface area contributed by atoms with Crippen LogP contribution in [0.2, 0.25) is 0 Å². The lowest BCUT2D eigenvalue weighted by Crippen LogP contribution is -2.37. The number of rotatable bonds is 76. The van der Waals surface area contributed by atoms with Gasteiger partial charge in [-0.05, 0) is 128 Å². The van der Waals surface area contributed by atoms with Crippen molar-refractivity contribution in [1.29, 1.82) is 0 Å². The van der Waals surface area contributed by atoms with Gasteiger partial charge in [0.05, 0.1) is 27.7 Å². The Balaban J connectivity index is 3.98. The van der Waals surface area contributed by atoms with Crippen molar-refractivity contribution in [2.45, 2.75) is 354 Å². The first kappa shape index (κ1) is 97.4. The largest absolute Gasteiger partial charge is 0.472 e. The van der Waals surface area contributed by atoms with E-state index in [0.29, 0.717) is 17.4 Å². The molecule has 0 rings (SSSR count). The number of ether oxygens (including phenoxy) is 2. The molecule has 2 atom stereocenters. The van der Waals surface area contributed by atoms with E-state index in [9.17, 15) is 19.0 Å². The molecule has 0 aliphatic heterocycles. The molecular formula is C92H157NO8P+. The van der Waals surface area contributed by atoms with Crippen LogP contribution in [0.1, 0.15) is 348 Å². The van der Waals surface area contributed by atoms with Gasteiger partial charge in [-0.3, -0.25) is 18.6 Å². The van der Waals surface area contributed by atoms with E-state index in [1.807, 2.05) is 21.1 Å². The van der Waals surface area contributed by atoms with Gasteiger partial charge in [-0.25, -0.2) is 4.57 Å². The number of phosphoric acid groups is 1. The van der Waals surface area contributed by atoms with Gasteiger partial charge in [0.25, 0.3) is 0 Å². The van der Waals surface area contributed by atoms with Crippen LogP contribution in [0, 0.1) is 0 Å². The molecule has 1 N–H and O–H groups in total. The molecule has 0 saturated carbocycles. The number of quaternary nitrogens is 1. The van der Waals surface area contributed by atoms with Gasteiger partial charge in [0, 0.05) is 12.8 Å². The van der Waals surface area contributed by atoms with Crippen molar-refractivity contribution in [3.05, 3.63) is 170 Å². The summed E-state index contributed by atoms with van der Waals surface area (Å²) in [7, 11) is 1.47. The molecule has 0 aliphatic carbocycles. The molecule has 9 nitrogen and oxygen atoms in total. The Hall–Kier alpha value is -4.63. The number of carbonyl (C=O) groups is 2. The first-order valence-electron chi connectivity index (χ1n) is 41.9. The molecule has 0 aliphatic rings. The summed E-state index contributed by atoms with van der Waals surface area (Å²) in [5.41, 5.74) is 0. The number of likely N-dealkylation sites (N-methyl/N-ethyl adjacent to an activating group) is 1. The summed E-state index contributed by atoms with van der Waals surface area (Å²) >= 11 is 0. The zero-order valence-corrected chi connectivity index (χ0v) is 67.4. The number of hydrogen-bond donors (Lipinski definition) is 1. The van der Waals surface area contributed by atoms with Gasteiger partial charge in [0.2, 0.25) is 0 Å². The van der Waals surface area contributed by atoms with Crippen LogP contribution in [0.5, 0.6) is 0 Å². The maximum absolute atomic E-state index is 12.9. The van der Waals surface area contributed by atoms with Gasteiger partial charge in [-0.1, -0.05) is 377 Å². The molecule has 0 aromatic carbocycles. The van der Waals surface area contributed by atoms with Crippen LogP contribution < -0.4 is 0 Å². The minimum Gasteiger partial charge on any atom is -0.462 e. The first-order chi connectivity index (χ1) is 50.0. The van der Waals surface area contributed by atoms with Crippen LogP contribution >= 0.6 is 7.82 Å². The van der Waals surface area contributed by atoms with Crippen LogP contribution in [0.3, 0.4) is 0 Å². The Bertz CT molecular complexity index is 2340. The molecule has 10 heteroatoms. The lowest BCUT2D eigenvalue weighted by Gasteiger charge is -2.24. The number of esters is 2. The van der Waals surface area contributed by atoms with E-state index in [1.165, 1.54) is 180 Å². The minimum atomic E-state index is -4.41. The smallest absolute Gasteiger partial charge is 0.462 e. The predicted octanol–water partition coefficient (Wildman–Crippen LogP) is 28.4. The third-order valence-electron chi connectivity index (χ3n) is 17.7. The molecule has 0 saturated heterocycles. The highest BCUT2D eigenvalue weighted by atomic mass is 31.2. The molecule has 582 valence electrons. The first-order valence-corrected chi connectivity index (χ1v) is 43.4. The topological polar surface area (TPSA) is 108 Å². The van der Waals surface area contributed by atoms with Crippen molar-refractivity contribution in [2.24, 2.45) is 0 Å². The van der Waals surface area contributed by atoms with Gasteiger partial charge < -0.3 is 18.9 Å². The average molecular weight is 1440 g/mol. The van der Waals surface area contributed by atoms with Crippen LogP contribution in [-0.2, 0) is 32.7 Å². The van der Waals surface area contributed by atoms with Crippen molar-refractivity contribution in [1.82, 2.24) is 0 Å². The number of carbonyl (C=O) groups excluding carboxylic acids is 2. The maximum Gasteiger partial charge on any atom is 0.472 e. The van der Waals surface area contributed by atoms with Gasteiger partial charge in [-0.15, -0.1) is 0 Å². The summed E-state index contributed by atoms with van der Waals surface area (Å²) in [5.74, 6) is -0.800. The average Bonchev–Trinajstić information content (AvgIpc) is 0.913. The molecule has 0 aromatic rings. The second-order valence-corrected chi connectivity index (χ2v) is 30.2. The van der Waals surface area contributed by atoms with Gasteiger partial charge in [-0.2, -0.15) is 0 Å². The van der Waals surface area contributed by atoms with Crippen molar-refractivity contribution >= 4 is 19.8 Å². The molecular weight excluding hydrogens is 1280 g/mol. The second kappa shape index (κ2) is 80.5. The second-order valence-electron chi connectivity index (χ2n) is 28.7. The Labute approximate surface area is 629 Å². The van der Waals surface area contributed by atoms with E-state index < -0.39 is 26.5 Å². The zero-order valence-electron chi connectivity index (χ0n) is 66.5. The van der Waals surface area contributed by atoms with Crippen LogP contribution in [0.4, 0.5) is 0 Å². The van der Waals surface area contributed by atoms with Gasteiger partial charge in [0.15, 0.2) is 6.10 Å². The van der Waals surface area contributed by atoms with Crippen LogP contribution in [0.25, 0.3) is 0 Å². The summed E-state index contributed by atoms with van der Waals surface area (Å²) in [6.45, 7) is 4.22. The quantitative estimate of drug-likeness (QED) is 0.0211. The highest BCUT2D eigenvalue weighted by molar-refractivity contribution is 7.47. The van der Waals surface area contributed by atoms with E-state index in [-0.39, 0.29) is 32.0 Å². The normalized spacial score (nSPS) is 13.9. The number of allylic oxidation sites excluding steroid dienone is 28. The summed E-state index contributed by atoms with van der Waals surface area (Å²) in [6, 6.07) is 0. The Morgan fingerprint density at radius 2 is 0.529 bits per heavy atom. The van der Waals surface area contributed by atoms with E-state index in [1.54, 1.807) is 0 Å². The van der Waals surface area contributed by atoms with Crippen LogP contribution in [-0.4, -0.2) is 74.9 Å². The highest BCUT2D eigenvalue weighted by Gasteiger charge is 2.27. The summed E-state index contributed by atoms with van der Waals surface area (Å²) in [4.78, 5) is 36.0. The summed E-state index contributed by atoms with van der Waals surface area (Å²) in [6.07, 6.45) is 122. The van der Waals surface area contributed by atoms with Crippen molar-refractivity contribution in [3.8, 4) is 0 Å². The molecule has 0 spiro atoms.